The van der Waals surface area contributed by atoms with Crippen LogP contribution in [0.1, 0.15) is 35.7 Å². The number of hydrogen-bond donors (Lipinski definition) is 1. The highest BCUT2D eigenvalue weighted by atomic mass is 32.1. The topological polar surface area (TPSA) is 55.1 Å². The van der Waals surface area contributed by atoms with Crippen molar-refractivity contribution in [2.75, 3.05) is 6.54 Å². The molecule has 0 radical (unpaired) electrons. The van der Waals surface area contributed by atoms with Gasteiger partial charge in [-0.25, -0.2) is 4.98 Å². The Kier molecular flexibility index (Phi) is 4.09. The molecular formula is C13H17N5S2. The summed E-state index contributed by atoms with van der Waals surface area (Å²) in [6, 6.07) is 0.250. The predicted molar refractivity (Wildman–Crippen MR) is 82.5 cm³/mol. The van der Waals surface area contributed by atoms with Crippen LogP contribution in [0.2, 0.25) is 0 Å². The van der Waals surface area contributed by atoms with Crippen molar-refractivity contribution in [1.82, 2.24) is 24.3 Å². The molecule has 0 saturated carbocycles. The van der Waals surface area contributed by atoms with Gasteiger partial charge in [0.1, 0.15) is 0 Å². The zero-order valence-corrected chi connectivity index (χ0v) is 13.2. The molecule has 0 aliphatic heterocycles. The summed E-state index contributed by atoms with van der Waals surface area (Å²) in [4.78, 5) is 6.93. The second kappa shape index (κ2) is 5.99. The van der Waals surface area contributed by atoms with Crippen molar-refractivity contribution < 1.29 is 0 Å². The zero-order chi connectivity index (χ0) is 13.9. The first-order valence-electron chi connectivity index (χ1n) is 6.71. The highest BCUT2D eigenvalue weighted by Gasteiger charge is 2.18. The number of nitrogens with zero attached hydrogens (tertiary/aromatic N) is 4. The molecule has 20 heavy (non-hydrogen) atoms. The number of thiazole rings is 1. The van der Waals surface area contributed by atoms with Gasteiger partial charge in [-0.2, -0.15) is 0 Å². The Morgan fingerprint density at radius 2 is 2.35 bits per heavy atom. The lowest BCUT2D eigenvalue weighted by atomic mass is 10.1. The summed E-state index contributed by atoms with van der Waals surface area (Å²) in [5.41, 5.74) is 2.13. The molecule has 0 aliphatic carbocycles. The fourth-order valence-electron chi connectivity index (χ4n) is 2.22. The number of rotatable bonds is 6. The fourth-order valence-corrected chi connectivity index (χ4v) is 3.65. The number of nitrogens with one attached hydrogen (secondary N) is 1. The van der Waals surface area contributed by atoms with E-state index in [0.29, 0.717) is 0 Å². The Morgan fingerprint density at radius 1 is 1.45 bits per heavy atom. The minimum atomic E-state index is 0.250. The molecule has 0 aromatic carbocycles. The van der Waals surface area contributed by atoms with Crippen LogP contribution < -0.4 is 5.32 Å². The first-order valence-corrected chi connectivity index (χ1v) is 8.36. The van der Waals surface area contributed by atoms with Crippen molar-refractivity contribution in [2.45, 2.75) is 32.7 Å². The van der Waals surface area contributed by atoms with Crippen LogP contribution in [0.15, 0.2) is 17.8 Å². The SMILES string of the molecule is CCCNC(Cc1cn2ccsc2n1)c1snnc1C. The zero-order valence-electron chi connectivity index (χ0n) is 11.5. The average molecular weight is 307 g/mol. The van der Waals surface area contributed by atoms with Crippen LogP contribution in [0.25, 0.3) is 4.96 Å². The molecule has 3 aromatic heterocycles. The average Bonchev–Trinajstić information content (AvgIpc) is 3.10. The number of aryl methyl sites for hydroxylation is 1. The minimum Gasteiger partial charge on any atom is -0.309 e. The van der Waals surface area contributed by atoms with Crippen molar-refractivity contribution in [3.05, 3.63) is 34.0 Å². The quantitative estimate of drug-likeness (QED) is 0.761. The van der Waals surface area contributed by atoms with Gasteiger partial charge in [0.05, 0.1) is 22.3 Å². The summed E-state index contributed by atoms with van der Waals surface area (Å²) >= 11 is 3.14. The van der Waals surface area contributed by atoms with Crippen molar-refractivity contribution in [2.24, 2.45) is 0 Å². The molecular weight excluding hydrogens is 290 g/mol. The van der Waals surface area contributed by atoms with Gasteiger partial charge in [0.25, 0.3) is 0 Å². The summed E-state index contributed by atoms with van der Waals surface area (Å²) in [5.74, 6) is 0. The third-order valence-corrected chi connectivity index (χ3v) is 4.91. The molecule has 1 unspecified atom stereocenters. The lowest BCUT2D eigenvalue weighted by molar-refractivity contribution is 0.530. The molecule has 5 nitrogen and oxygen atoms in total. The Morgan fingerprint density at radius 3 is 3.05 bits per heavy atom. The van der Waals surface area contributed by atoms with E-state index in [1.807, 2.05) is 13.1 Å². The Bertz CT molecular complexity index is 655. The lowest BCUT2D eigenvalue weighted by Gasteiger charge is -2.15. The molecule has 3 heterocycles. The van der Waals surface area contributed by atoms with Gasteiger partial charge in [0.15, 0.2) is 4.96 Å². The third kappa shape index (κ3) is 2.74. The standard InChI is InChI=1S/C13H17N5S2/c1-3-4-14-11(12-9(2)16-17-20-12)7-10-8-18-5-6-19-13(18)15-10/h5-6,8,11,14H,3-4,7H2,1-2H3. The van der Waals surface area contributed by atoms with Crippen molar-refractivity contribution in [1.29, 1.82) is 0 Å². The number of fused-ring (bicyclic) bond motifs is 1. The first-order chi connectivity index (χ1) is 9.78. The molecule has 3 rings (SSSR count). The van der Waals surface area contributed by atoms with E-state index in [1.165, 1.54) is 16.4 Å². The molecule has 1 atom stereocenters. The van der Waals surface area contributed by atoms with Crippen LogP contribution in [0.4, 0.5) is 0 Å². The number of hydrogen-bond acceptors (Lipinski definition) is 6. The Labute approximate surface area is 125 Å². The molecule has 1 N–H and O–H groups in total. The number of aromatic nitrogens is 4. The van der Waals surface area contributed by atoms with Crippen LogP contribution in [0.3, 0.4) is 0 Å². The summed E-state index contributed by atoms with van der Waals surface area (Å²) in [6.07, 6.45) is 6.14. The van der Waals surface area contributed by atoms with Crippen LogP contribution in [-0.2, 0) is 6.42 Å². The molecule has 106 valence electrons. The van der Waals surface area contributed by atoms with Crippen LogP contribution in [-0.4, -0.2) is 25.5 Å². The van der Waals surface area contributed by atoms with Gasteiger partial charge in [0.2, 0.25) is 0 Å². The molecule has 0 fully saturated rings. The summed E-state index contributed by atoms with van der Waals surface area (Å²) < 4.78 is 6.13. The normalized spacial score (nSPS) is 13.1. The molecule has 0 saturated heterocycles. The lowest BCUT2D eigenvalue weighted by Crippen LogP contribution is -2.24. The van der Waals surface area contributed by atoms with Crippen LogP contribution in [0, 0.1) is 6.92 Å². The van der Waals surface area contributed by atoms with Crippen LogP contribution >= 0.6 is 22.9 Å². The van der Waals surface area contributed by atoms with Crippen molar-refractivity contribution in [3.63, 3.8) is 0 Å². The largest absolute Gasteiger partial charge is 0.309 e. The van der Waals surface area contributed by atoms with E-state index in [0.717, 1.165) is 35.7 Å². The molecule has 0 aliphatic rings. The van der Waals surface area contributed by atoms with Crippen molar-refractivity contribution in [3.8, 4) is 0 Å². The number of imidazole rings is 1. The second-order valence-electron chi connectivity index (χ2n) is 4.76. The third-order valence-electron chi connectivity index (χ3n) is 3.20. The van der Waals surface area contributed by atoms with Gasteiger partial charge in [-0.05, 0) is 31.4 Å². The van der Waals surface area contributed by atoms with E-state index < -0.39 is 0 Å². The second-order valence-corrected chi connectivity index (χ2v) is 6.42. The maximum absolute atomic E-state index is 4.67. The minimum absolute atomic E-state index is 0.250. The van der Waals surface area contributed by atoms with Gasteiger partial charge < -0.3 is 5.32 Å². The van der Waals surface area contributed by atoms with Crippen LogP contribution in [0.5, 0.6) is 0 Å². The van der Waals surface area contributed by atoms with E-state index in [-0.39, 0.29) is 6.04 Å². The van der Waals surface area contributed by atoms with Crippen molar-refractivity contribution >= 4 is 27.8 Å². The van der Waals surface area contributed by atoms with E-state index in [4.69, 9.17) is 0 Å². The van der Waals surface area contributed by atoms with E-state index in [1.54, 1.807) is 11.3 Å². The maximum atomic E-state index is 4.67. The Hall–Kier alpha value is -1.31. The summed E-state index contributed by atoms with van der Waals surface area (Å²) in [5, 5.41) is 9.76. The summed E-state index contributed by atoms with van der Waals surface area (Å²) in [7, 11) is 0. The fraction of sp³-hybridized carbons (Fsp3) is 0.462. The maximum Gasteiger partial charge on any atom is 0.193 e. The van der Waals surface area contributed by atoms with E-state index >= 15 is 0 Å². The first kappa shape index (κ1) is 13.7. The van der Waals surface area contributed by atoms with Gasteiger partial charge in [-0.15, -0.1) is 16.4 Å². The van der Waals surface area contributed by atoms with E-state index in [2.05, 4.69) is 42.8 Å². The van der Waals surface area contributed by atoms with Gasteiger partial charge in [-0.3, -0.25) is 4.40 Å². The molecule has 0 bridgehead atoms. The monoisotopic (exact) mass is 307 g/mol. The van der Waals surface area contributed by atoms with Gasteiger partial charge in [-0.1, -0.05) is 11.4 Å². The van der Waals surface area contributed by atoms with Gasteiger partial charge >= 0.3 is 0 Å². The molecule has 0 amide bonds. The Balaban J connectivity index is 1.82. The molecule has 3 aromatic rings. The predicted octanol–water partition coefficient (Wildman–Crippen LogP) is 2.84. The smallest absolute Gasteiger partial charge is 0.193 e. The van der Waals surface area contributed by atoms with E-state index in [9.17, 15) is 0 Å². The summed E-state index contributed by atoms with van der Waals surface area (Å²) in [6.45, 7) is 5.18. The van der Waals surface area contributed by atoms with Gasteiger partial charge in [0, 0.05) is 24.2 Å². The highest BCUT2D eigenvalue weighted by molar-refractivity contribution is 7.15. The highest BCUT2D eigenvalue weighted by Crippen LogP contribution is 2.24. The molecule has 7 heteroatoms. The molecule has 0 spiro atoms.